The first-order valence-corrected chi connectivity index (χ1v) is 14.2. The second-order valence-electron chi connectivity index (χ2n) is 10.6. The summed E-state index contributed by atoms with van der Waals surface area (Å²) in [6.07, 6.45) is -0.510. The van der Waals surface area contributed by atoms with Gasteiger partial charge >= 0.3 is 5.97 Å². The maximum atomic E-state index is 13.6. The van der Waals surface area contributed by atoms with Crippen LogP contribution >= 0.6 is 0 Å². The first-order chi connectivity index (χ1) is 21.4. The molecule has 0 aliphatic carbocycles. The molecule has 0 heterocycles. The number of nitrogens with one attached hydrogen (secondary N) is 3. The van der Waals surface area contributed by atoms with Gasteiger partial charge in [-0.3, -0.25) is 19.2 Å². The summed E-state index contributed by atoms with van der Waals surface area (Å²) in [5, 5.41) is 36.5. The topological polar surface area (TPSA) is 234 Å². The fourth-order valence-corrected chi connectivity index (χ4v) is 4.48. The number of hydrogen-bond donors (Lipinski definition) is 8. The standard InChI is InChI=1S/C32H37N5O8/c33-24(16-20-6-10-22(38)11-7-20)29(41)36-26(17-21-8-12-23(39)13-9-21)31(43)35-25(14-15-28(34)40)30(42)37-27(32(44)45)18-19-4-2-1-3-5-19/h1-13,24-27,38-39H,14-18,33H2,(H2,34,40)(H,35,43)(H,36,41)(H,37,42)(H,44,45). The number of nitrogens with two attached hydrogens (primary N) is 2. The van der Waals surface area contributed by atoms with Crippen LogP contribution in [0.2, 0.25) is 0 Å². The SMILES string of the molecule is NC(=O)CCC(NC(=O)C(Cc1ccc(O)cc1)NC(=O)C(N)Cc1ccc(O)cc1)C(=O)NC(Cc1ccccc1)C(=O)O. The van der Waals surface area contributed by atoms with Crippen molar-refractivity contribution in [2.75, 3.05) is 0 Å². The predicted octanol–water partition coefficient (Wildman–Crippen LogP) is 0.258. The fraction of sp³-hybridized carbons (Fsp3) is 0.281. The van der Waals surface area contributed by atoms with E-state index >= 15 is 0 Å². The molecule has 3 aromatic carbocycles. The van der Waals surface area contributed by atoms with E-state index in [0.717, 1.165) is 0 Å². The number of hydrogen-bond acceptors (Lipinski definition) is 8. The van der Waals surface area contributed by atoms with E-state index in [2.05, 4.69) is 16.0 Å². The Hall–Kier alpha value is -5.43. The molecule has 0 aromatic heterocycles. The van der Waals surface area contributed by atoms with Crippen molar-refractivity contribution in [1.82, 2.24) is 16.0 Å². The van der Waals surface area contributed by atoms with E-state index in [0.29, 0.717) is 16.7 Å². The number of carboxylic acids is 1. The third-order valence-electron chi connectivity index (χ3n) is 6.95. The molecule has 238 valence electrons. The van der Waals surface area contributed by atoms with Crippen molar-refractivity contribution in [3.8, 4) is 11.5 Å². The lowest BCUT2D eigenvalue weighted by Crippen LogP contribution is -2.58. The van der Waals surface area contributed by atoms with Gasteiger partial charge in [0.1, 0.15) is 29.6 Å². The van der Waals surface area contributed by atoms with Crippen LogP contribution in [0.3, 0.4) is 0 Å². The van der Waals surface area contributed by atoms with Gasteiger partial charge in [0.25, 0.3) is 0 Å². The number of carbonyl (C=O) groups excluding carboxylic acids is 4. The molecule has 0 saturated heterocycles. The van der Waals surface area contributed by atoms with E-state index in [1.54, 1.807) is 54.6 Å². The average molecular weight is 620 g/mol. The summed E-state index contributed by atoms with van der Waals surface area (Å²) in [5.41, 5.74) is 13.3. The zero-order valence-corrected chi connectivity index (χ0v) is 24.4. The lowest BCUT2D eigenvalue weighted by molar-refractivity contribution is -0.142. The summed E-state index contributed by atoms with van der Waals surface area (Å²) in [6.45, 7) is 0. The van der Waals surface area contributed by atoms with E-state index in [4.69, 9.17) is 11.5 Å². The Morgan fingerprint density at radius 1 is 0.600 bits per heavy atom. The van der Waals surface area contributed by atoms with Crippen molar-refractivity contribution in [1.29, 1.82) is 0 Å². The highest BCUT2D eigenvalue weighted by Gasteiger charge is 2.31. The van der Waals surface area contributed by atoms with Gasteiger partial charge < -0.3 is 42.7 Å². The van der Waals surface area contributed by atoms with Gasteiger partial charge in [0.05, 0.1) is 6.04 Å². The second kappa shape index (κ2) is 16.4. The zero-order chi connectivity index (χ0) is 32.9. The van der Waals surface area contributed by atoms with Gasteiger partial charge in [-0.25, -0.2) is 4.79 Å². The molecule has 10 N–H and O–H groups in total. The first-order valence-electron chi connectivity index (χ1n) is 14.2. The van der Waals surface area contributed by atoms with Crippen molar-refractivity contribution in [2.24, 2.45) is 11.5 Å². The third kappa shape index (κ3) is 11.3. The molecule has 4 unspecified atom stereocenters. The molecule has 0 fully saturated rings. The van der Waals surface area contributed by atoms with Crippen LogP contribution in [0.1, 0.15) is 29.5 Å². The number of carbonyl (C=O) groups is 5. The van der Waals surface area contributed by atoms with Gasteiger partial charge in [-0.05, 0) is 53.8 Å². The molecular formula is C32H37N5O8. The Bertz CT molecular complexity index is 1470. The zero-order valence-electron chi connectivity index (χ0n) is 24.4. The summed E-state index contributed by atoms with van der Waals surface area (Å²) in [7, 11) is 0. The summed E-state index contributed by atoms with van der Waals surface area (Å²) in [5.74, 6) is -4.32. The van der Waals surface area contributed by atoms with Gasteiger partial charge in [-0.1, -0.05) is 54.6 Å². The number of aromatic hydroxyl groups is 2. The number of rotatable bonds is 16. The number of primary amides is 1. The maximum absolute atomic E-state index is 13.6. The van der Waals surface area contributed by atoms with Crippen LogP contribution in [-0.2, 0) is 43.2 Å². The van der Waals surface area contributed by atoms with E-state index < -0.39 is 53.8 Å². The second-order valence-corrected chi connectivity index (χ2v) is 10.6. The highest BCUT2D eigenvalue weighted by atomic mass is 16.4. The normalized spacial score (nSPS) is 13.4. The highest BCUT2D eigenvalue weighted by molar-refractivity contribution is 5.94. The summed E-state index contributed by atoms with van der Waals surface area (Å²) in [6, 6.07) is 15.6. The largest absolute Gasteiger partial charge is 0.508 e. The van der Waals surface area contributed by atoms with Crippen molar-refractivity contribution >= 4 is 29.6 Å². The first kappa shape index (κ1) is 34.1. The van der Waals surface area contributed by atoms with Gasteiger partial charge in [0.2, 0.25) is 23.6 Å². The highest BCUT2D eigenvalue weighted by Crippen LogP contribution is 2.14. The molecule has 4 atom stereocenters. The Labute approximate surface area is 259 Å². The van der Waals surface area contributed by atoms with E-state index in [1.807, 2.05) is 0 Å². The summed E-state index contributed by atoms with van der Waals surface area (Å²) in [4.78, 5) is 63.5. The Morgan fingerprint density at radius 3 is 1.58 bits per heavy atom. The minimum absolute atomic E-state index is 0.00798. The third-order valence-corrected chi connectivity index (χ3v) is 6.95. The molecule has 13 heteroatoms. The van der Waals surface area contributed by atoms with Crippen LogP contribution in [0.5, 0.6) is 11.5 Å². The predicted molar refractivity (Wildman–Crippen MR) is 164 cm³/mol. The summed E-state index contributed by atoms with van der Waals surface area (Å²) >= 11 is 0. The van der Waals surface area contributed by atoms with E-state index in [9.17, 15) is 39.3 Å². The number of amides is 4. The number of aliphatic carboxylic acids is 1. The molecule has 0 saturated carbocycles. The van der Waals surface area contributed by atoms with Gasteiger partial charge in [-0.15, -0.1) is 0 Å². The Morgan fingerprint density at radius 2 is 1.04 bits per heavy atom. The van der Waals surface area contributed by atoms with Crippen LogP contribution in [-0.4, -0.2) is 69.1 Å². The van der Waals surface area contributed by atoms with E-state index in [1.165, 1.54) is 24.3 Å². The molecule has 0 bridgehead atoms. The quantitative estimate of drug-likeness (QED) is 0.110. The minimum atomic E-state index is -1.37. The van der Waals surface area contributed by atoms with Gasteiger partial charge in [0, 0.05) is 19.3 Å². The molecule has 4 amide bonds. The number of phenolic OH excluding ortho intramolecular Hbond substituents is 2. The lowest BCUT2D eigenvalue weighted by atomic mass is 10.0. The molecule has 0 spiro atoms. The van der Waals surface area contributed by atoms with Crippen LogP contribution < -0.4 is 27.4 Å². The number of benzene rings is 3. The van der Waals surface area contributed by atoms with E-state index in [-0.39, 0.29) is 43.6 Å². The Kier molecular flexibility index (Phi) is 12.4. The molecule has 3 rings (SSSR count). The van der Waals surface area contributed by atoms with Crippen molar-refractivity contribution in [3.05, 3.63) is 95.6 Å². The van der Waals surface area contributed by atoms with Crippen molar-refractivity contribution in [2.45, 2.75) is 56.3 Å². The van der Waals surface area contributed by atoms with Crippen LogP contribution in [0, 0.1) is 0 Å². The molecule has 0 aliphatic heterocycles. The van der Waals surface area contributed by atoms with Crippen LogP contribution in [0.4, 0.5) is 0 Å². The number of carboxylic acid groups (broad SMARTS) is 1. The molecule has 13 nitrogen and oxygen atoms in total. The number of phenols is 2. The monoisotopic (exact) mass is 619 g/mol. The van der Waals surface area contributed by atoms with Gasteiger partial charge in [-0.2, -0.15) is 0 Å². The van der Waals surface area contributed by atoms with Crippen molar-refractivity contribution < 1.29 is 39.3 Å². The molecule has 0 radical (unpaired) electrons. The smallest absolute Gasteiger partial charge is 0.326 e. The average Bonchev–Trinajstić information content (AvgIpc) is 3.00. The fourth-order valence-electron chi connectivity index (χ4n) is 4.48. The summed E-state index contributed by atoms with van der Waals surface area (Å²) < 4.78 is 0. The minimum Gasteiger partial charge on any atom is -0.508 e. The molecule has 0 aliphatic rings. The lowest BCUT2D eigenvalue weighted by Gasteiger charge is -2.25. The molecular weight excluding hydrogens is 582 g/mol. The Balaban J connectivity index is 1.79. The van der Waals surface area contributed by atoms with Gasteiger partial charge in [0.15, 0.2) is 0 Å². The molecule has 45 heavy (non-hydrogen) atoms. The van der Waals surface area contributed by atoms with Crippen molar-refractivity contribution in [3.63, 3.8) is 0 Å². The maximum Gasteiger partial charge on any atom is 0.326 e. The van der Waals surface area contributed by atoms with Crippen LogP contribution in [0.15, 0.2) is 78.9 Å². The van der Waals surface area contributed by atoms with Crippen LogP contribution in [0.25, 0.3) is 0 Å². The molecule has 3 aromatic rings.